The topological polar surface area (TPSA) is 87.3 Å². The fourth-order valence-corrected chi connectivity index (χ4v) is 5.15. The van der Waals surface area contributed by atoms with E-state index < -0.39 is 0 Å². The summed E-state index contributed by atoms with van der Waals surface area (Å²) in [7, 11) is 2.16. The minimum absolute atomic E-state index is 0.106. The predicted molar refractivity (Wildman–Crippen MR) is 114 cm³/mol. The third-order valence-corrected chi connectivity index (χ3v) is 6.80. The fraction of sp³-hybridized carbons (Fsp3) is 0.619. The second-order valence-corrected chi connectivity index (χ2v) is 8.83. The summed E-state index contributed by atoms with van der Waals surface area (Å²) in [4.78, 5) is 25.5. The highest BCUT2D eigenvalue weighted by molar-refractivity contribution is 5.55. The van der Waals surface area contributed by atoms with Crippen LogP contribution in [-0.2, 0) is 11.8 Å². The summed E-state index contributed by atoms with van der Waals surface area (Å²) in [6.45, 7) is 7.96. The number of hydrogen-bond acceptors (Lipinski definition) is 8. The molecule has 0 bridgehead atoms. The van der Waals surface area contributed by atoms with Crippen molar-refractivity contribution in [1.29, 1.82) is 0 Å². The molecule has 1 atom stereocenters. The summed E-state index contributed by atoms with van der Waals surface area (Å²) in [6.07, 6.45) is 6.55. The molecule has 2 aromatic rings. The molecule has 154 valence electrons. The summed E-state index contributed by atoms with van der Waals surface area (Å²) in [6, 6.07) is 2.13. The van der Waals surface area contributed by atoms with E-state index in [1.165, 1.54) is 17.7 Å². The number of nitrogens with zero attached hydrogens (tertiary/aromatic N) is 7. The van der Waals surface area contributed by atoms with Gasteiger partial charge in [-0.25, -0.2) is 9.97 Å². The van der Waals surface area contributed by atoms with Crippen LogP contribution in [0.25, 0.3) is 0 Å². The zero-order valence-corrected chi connectivity index (χ0v) is 17.4. The molecule has 3 aliphatic rings. The molecular formula is C21H30N8. The normalized spacial score (nSPS) is 24.9. The maximum atomic E-state index is 6.13. The Balaban J connectivity index is 1.43. The molecule has 2 N–H and O–H groups in total. The first kappa shape index (κ1) is 18.5. The Kier molecular flexibility index (Phi) is 4.53. The van der Waals surface area contributed by atoms with Crippen molar-refractivity contribution in [2.24, 2.45) is 0 Å². The highest BCUT2D eigenvalue weighted by Crippen LogP contribution is 2.44. The summed E-state index contributed by atoms with van der Waals surface area (Å²) >= 11 is 0. The molecule has 4 heterocycles. The number of fused-ring (bicyclic) bond motifs is 2. The van der Waals surface area contributed by atoms with E-state index in [2.05, 4.69) is 42.8 Å². The lowest BCUT2D eigenvalue weighted by Gasteiger charge is -2.41. The molecule has 2 aliphatic heterocycles. The molecule has 5 rings (SSSR count). The van der Waals surface area contributed by atoms with Crippen LogP contribution in [0, 0.1) is 6.92 Å². The van der Waals surface area contributed by atoms with Gasteiger partial charge < -0.3 is 20.4 Å². The Bertz CT molecular complexity index is 904. The molecule has 8 nitrogen and oxygen atoms in total. The minimum atomic E-state index is 0.106. The Hall–Kier alpha value is -2.48. The number of aromatic nitrogens is 4. The van der Waals surface area contributed by atoms with Crippen LogP contribution in [0.4, 0.5) is 17.6 Å². The Morgan fingerprint density at radius 3 is 2.52 bits per heavy atom. The average molecular weight is 395 g/mol. The molecule has 8 heteroatoms. The van der Waals surface area contributed by atoms with E-state index >= 15 is 0 Å². The summed E-state index contributed by atoms with van der Waals surface area (Å²) in [5, 5.41) is 0. The molecule has 1 unspecified atom stereocenters. The molecule has 2 aromatic heterocycles. The van der Waals surface area contributed by atoms with E-state index in [0.29, 0.717) is 5.95 Å². The van der Waals surface area contributed by atoms with E-state index in [0.717, 1.165) is 76.0 Å². The number of nitrogen functional groups attached to an aromatic ring is 1. The van der Waals surface area contributed by atoms with Crippen LogP contribution < -0.4 is 15.5 Å². The maximum absolute atomic E-state index is 6.13. The summed E-state index contributed by atoms with van der Waals surface area (Å²) < 4.78 is 0. The van der Waals surface area contributed by atoms with Gasteiger partial charge in [-0.1, -0.05) is 0 Å². The van der Waals surface area contributed by atoms with Gasteiger partial charge in [0.05, 0.1) is 5.69 Å². The van der Waals surface area contributed by atoms with Gasteiger partial charge in [0.2, 0.25) is 5.95 Å². The third kappa shape index (κ3) is 3.39. The van der Waals surface area contributed by atoms with Crippen molar-refractivity contribution in [2.45, 2.75) is 38.0 Å². The van der Waals surface area contributed by atoms with E-state index in [9.17, 15) is 0 Å². The van der Waals surface area contributed by atoms with Gasteiger partial charge >= 0.3 is 0 Å². The monoisotopic (exact) mass is 394 g/mol. The first-order valence-corrected chi connectivity index (χ1v) is 10.7. The SMILES string of the molecule is Cc1ncc2c(n1)C1(CCCN(c3cc(N4CCN(C)CC4)nc(N)n3)C1)CC2. The second-order valence-electron chi connectivity index (χ2n) is 8.83. The number of aryl methyl sites for hydroxylation is 2. The standard InChI is InChI=1S/C21H30N8/c1-15-23-13-16-4-6-21(19(16)24-15)5-3-7-29(14-21)18-12-17(25-20(22)26-18)28-10-8-27(2)9-11-28/h12-13H,3-11,14H2,1-2H3,(H2,22,25,26). The van der Waals surface area contributed by atoms with Crippen LogP contribution in [0.2, 0.25) is 0 Å². The van der Waals surface area contributed by atoms with Gasteiger partial charge in [-0.15, -0.1) is 0 Å². The largest absolute Gasteiger partial charge is 0.368 e. The van der Waals surface area contributed by atoms with Crippen LogP contribution in [-0.4, -0.2) is 71.2 Å². The first-order valence-electron chi connectivity index (χ1n) is 10.7. The Morgan fingerprint density at radius 1 is 0.966 bits per heavy atom. The van der Waals surface area contributed by atoms with Crippen molar-refractivity contribution in [3.8, 4) is 0 Å². The Labute approximate surface area is 172 Å². The minimum Gasteiger partial charge on any atom is -0.368 e. The predicted octanol–water partition coefficient (Wildman–Crippen LogP) is 1.39. The van der Waals surface area contributed by atoms with E-state index in [1.54, 1.807) is 0 Å². The van der Waals surface area contributed by atoms with Gasteiger partial charge in [0, 0.05) is 56.9 Å². The first-order chi connectivity index (χ1) is 14.0. The van der Waals surface area contributed by atoms with Crippen molar-refractivity contribution >= 4 is 17.6 Å². The van der Waals surface area contributed by atoms with Crippen molar-refractivity contribution in [1.82, 2.24) is 24.8 Å². The highest BCUT2D eigenvalue weighted by Gasteiger charge is 2.44. The molecule has 1 aliphatic carbocycles. The van der Waals surface area contributed by atoms with E-state index in [4.69, 9.17) is 10.7 Å². The number of nitrogens with two attached hydrogens (primary N) is 1. The van der Waals surface area contributed by atoms with E-state index in [-0.39, 0.29) is 5.41 Å². The summed E-state index contributed by atoms with van der Waals surface area (Å²) in [5.41, 5.74) is 8.82. The molecule has 2 saturated heterocycles. The van der Waals surface area contributed by atoms with E-state index in [1.807, 2.05) is 13.1 Å². The number of piperidine rings is 1. The van der Waals surface area contributed by atoms with Crippen LogP contribution >= 0.6 is 0 Å². The number of likely N-dealkylation sites (N-methyl/N-ethyl adjacent to an activating group) is 1. The molecule has 0 saturated carbocycles. The van der Waals surface area contributed by atoms with Crippen LogP contribution in [0.1, 0.15) is 36.3 Å². The smallest absolute Gasteiger partial charge is 0.223 e. The van der Waals surface area contributed by atoms with Gasteiger partial charge in [0.25, 0.3) is 0 Å². The Morgan fingerprint density at radius 2 is 1.72 bits per heavy atom. The third-order valence-electron chi connectivity index (χ3n) is 6.80. The summed E-state index contributed by atoms with van der Waals surface area (Å²) in [5.74, 6) is 3.13. The van der Waals surface area contributed by atoms with Gasteiger partial charge in [-0.05, 0) is 45.2 Å². The fourth-order valence-electron chi connectivity index (χ4n) is 5.15. The van der Waals surface area contributed by atoms with Crippen molar-refractivity contribution in [3.63, 3.8) is 0 Å². The molecule has 0 aromatic carbocycles. The molecular weight excluding hydrogens is 364 g/mol. The van der Waals surface area contributed by atoms with Gasteiger partial charge in [-0.2, -0.15) is 9.97 Å². The average Bonchev–Trinajstić information content (AvgIpc) is 3.05. The lowest BCUT2D eigenvalue weighted by Crippen LogP contribution is -2.46. The highest BCUT2D eigenvalue weighted by atomic mass is 15.3. The lowest BCUT2D eigenvalue weighted by molar-refractivity contribution is 0.312. The van der Waals surface area contributed by atoms with Crippen molar-refractivity contribution in [2.75, 3.05) is 61.8 Å². The van der Waals surface area contributed by atoms with Gasteiger partial charge in [-0.3, -0.25) is 0 Å². The quantitative estimate of drug-likeness (QED) is 0.818. The van der Waals surface area contributed by atoms with Gasteiger partial charge in [0.15, 0.2) is 0 Å². The van der Waals surface area contributed by atoms with Gasteiger partial charge in [0.1, 0.15) is 17.5 Å². The number of hydrogen-bond donors (Lipinski definition) is 1. The number of anilines is 3. The van der Waals surface area contributed by atoms with Crippen LogP contribution in [0.3, 0.4) is 0 Å². The molecule has 2 fully saturated rings. The molecule has 29 heavy (non-hydrogen) atoms. The van der Waals surface area contributed by atoms with Crippen molar-refractivity contribution in [3.05, 3.63) is 29.3 Å². The number of piperazine rings is 1. The molecule has 1 spiro atoms. The molecule has 0 radical (unpaired) electrons. The molecule has 0 amide bonds. The van der Waals surface area contributed by atoms with Crippen LogP contribution in [0.15, 0.2) is 12.3 Å². The lowest BCUT2D eigenvalue weighted by atomic mass is 9.77. The van der Waals surface area contributed by atoms with Crippen LogP contribution in [0.5, 0.6) is 0 Å². The van der Waals surface area contributed by atoms with Crippen molar-refractivity contribution < 1.29 is 0 Å². The maximum Gasteiger partial charge on any atom is 0.223 e. The zero-order valence-electron chi connectivity index (χ0n) is 17.4. The number of rotatable bonds is 2. The second kappa shape index (κ2) is 7.09. The zero-order chi connectivity index (χ0) is 20.0.